The zero-order valence-electron chi connectivity index (χ0n) is 8.65. The standard InChI is InChI=1S/C9H15N3O2/c1-6(2)7(4-10)9(14)12(3)5-8(11)13/h6-7H,5H2,1-3H3,(H2,11,13). The van der Waals surface area contributed by atoms with E-state index < -0.39 is 11.8 Å². The average molecular weight is 197 g/mol. The van der Waals surface area contributed by atoms with Crippen molar-refractivity contribution in [2.45, 2.75) is 13.8 Å². The van der Waals surface area contributed by atoms with Crippen molar-refractivity contribution >= 4 is 11.8 Å². The van der Waals surface area contributed by atoms with Gasteiger partial charge in [-0.3, -0.25) is 9.59 Å². The molecule has 14 heavy (non-hydrogen) atoms. The normalized spacial score (nSPS) is 11.9. The molecule has 0 spiro atoms. The van der Waals surface area contributed by atoms with E-state index in [2.05, 4.69) is 0 Å². The lowest BCUT2D eigenvalue weighted by Gasteiger charge is -2.20. The molecule has 0 saturated carbocycles. The number of hydrogen-bond donors (Lipinski definition) is 1. The maximum atomic E-state index is 11.5. The SMILES string of the molecule is CC(C)C(C#N)C(=O)N(C)CC(N)=O. The third-order valence-electron chi connectivity index (χ3n) is 1.84. The quantitative estimate of drug-likeness (QED) is 0.672. The molecule has 1 unspecified atom stereocenters. The van der Waals surface area contributed by atoms with Crippen LogP contribution in [0.3, 0.4) is 0 Å². The molecule has 1 atom stereocenters. The van der Waals surface area contributed by atoms with Crippen LogP contribution >= 0.6 is 0 Å². The van der Waals surface area contributed by atoms with Crippen molar-refractivity contribution in [3.63, 3.8) is 0 Å². The van der Waals surface area contributed by atoms with E-state index in [1.165, 1.54) is 11.9 Å². The fourth-order valence-electron chi connectivity index (χ4n) is 1.04. The first-order valence-corrected chi connectivity index (χ1v) is 4.33. The van der Waals surface area contributed by atoms with Gasteiger partial charge in [-0.2, -0.15) is 5.26 Å². The van der Waals surface area contributed by atoms with Crippen molar-refractivity contribution in [1.29, 1.82) is 5.26 Å². The molecule has 0 saturated heterocycles. The Morgan fingerprint density at radius 2 is 2.00 bits per heavy atom. The minimum absolute atomic E-state index is 0.0668. The number of carbonyl (C=O) groups is 2. The monoisotopic (exact) mass is 197 g/mol. The topological polar surface area (TPSA) is 87.2 Å². The lowest BCUT2D eigenvalue weighted by molar-refractivity contribution is -0.136. The predicted molar refractivity (Wildman–Crippen MR) is 50.8 cm³/mol. The van der Waals surface area contributed by atoms with Gasteiger partial charge in [0, 0.05) is 7.05 Å². The Morgan fingerprint density at radius 3 is 2.29 bits per heavy atom. The van der Waals surface area contributed by atoms with Crippen LogP contribution in [0.2, 0.25) is 0 Å². The number of primary amides is 1. The van der Waals surface area contributed by atoms with Gasteiger partial charge in [0.05, 0.1) is 12.6 Å². The molecule has 0 aliphatic rings. The van der Waals surface area contributed by atoms with Crippen LogP contribution < -0.4 is 5.73 Å². The first kappa shape index (κ1) is 12.4. The molecule has 0 fully saturated rings. The van der Waals surface area contributed by atoms with E-state index in [-0.39, 0.29) is 18.4 Å². The molecular formula is C9H15N3O2. The summed E-state index contributed by atoms with van der Waals surface area (Å²) in [5.41, 5.74) is 4.93. The second-order valence-corrected chi connectivity index (χ2v) is 3.51. The van der Waals surface area contributed by atoms with Gasteiger partial charge >= 0.3 is 0 Å². The van der Waals surface area contributed by atoms with E-state index in [1.807, 2.05) is 6.07 Å². The highest BCUT2D eigenvalue weighted by atomic mass is 16.2. The molecule has 2 N–H and O–H groups in total. The number of nitrogens with zero attached hydrogens (tertiary/aromatic N) is 2. The number of rotatable bonds is 4. The summed E-state index contributed by atoms with van der Waals surface area (Å²) >= 11 is 0. The largest absolute Gasteiger partial charge is 0.368 e. The molecule has 0 aromatic rings. The fourth-order valence-corrected chi connectivity index (χ4v) is 1.04. The van der Waals surface area contributed by atoms with Crippen molar-refractivity contribution in [2.24, 2.45) is 17.6 Å². The second-order valence-electron chi connectivity index (χ2n) is 3.51. The molecule has 5 heteroatoms. The summed E-state index contributed by atoms with van der Waals surface area (Å²) in [6.45, 7) is 3.41. The van der Waals surface area contributed by atoms with Gasteiger partial charge in [0.1, 0.15) is 5.92 Å². The van der Waals surface area contributed by atoms with Crippen LogP contribution in [0.5, 0.6) is 0 Å². The summed E-state index contributed by atoms with van der Waals surface area (Å²) in [6.07, 6.45) is 0. The Morgan fingerprint density at radius 1 is 1.50 bits per heavy atom. The van der Waals surface area contributed by atoms with Crippen molar-refractivity contribution in [2.75, 3.05) is 13.6 Å². The molecule has 5 nitrogen and oxygen atoms in total. The van der Waals surface area contributed by atoms with E-state index in [9.17, 15) is 9.59 Å². The van der Waals surface area contributed by atoms with Crippen LogP contribution in [0.25, 0.3) is 0 Å². The molecule has 0 aromatic carbocycles. The zero-order valence-corrected chi connectivity index (χ0v) is 8.65. The molecule has 0 heterocycles. The van der Waals surface area contributed by atoms with Crippen LogP contribution in [-0.4, -0.2) is 30.3 Å². The number of nitriles is 1. The maximum absolute atomic E-state index is 11.5. The Bertz CT molecular complexity index is 268. The van der Waals surface area contributed by atoms with Crippen molar-refractivity contribution in [3.05, 3.63) is 0 Å². The van der Waals surface area contributed by atoms with Crippen molar-refractivity contribution in [3.8, 4) is 6.07 Å². The number of amides is 2. The Hall–Kier alpha value is -1.57. The third-order valence-corrected chi connectivity index (χ3v) is 1.84. The molecule has 0 aliphatic heterocycles. The molecule has 0 rings (SSSR count). The van der Waals surface area contributed by atoms with E-state index in [1.54, 1.807) is 13.8 Å². The summed E-state index contributed by atoms with van der Waals surface area (Å²) in [5, 5.41) is 8.74. The lowest BCUT2D eigenvalue weighted by Crippen LogP contribution is -2.40. The highest BCUT2D eigenvalue weighted by Gasteiger charge is 2.25. The predicted octanol–water partition coefficient (Wildman–Crippen LogP) is -0.274. The minimum atomic E-state index is -0.709. The fraction of sp³-hybridized carbons (Fsp3) is 0.667. The van der Waals surface area contributed by atoms with Gasteiger partial charge < -0.3 is 10.6 Å². The first-order valence-electron chi connectivity index (χ1n) is 4.33. The first-order chi connectivity index (χ1) is 6.40. The zero-order chi connectivity index (χ0) is 11.3. The summed E-state index contributed by atoms with van der Waals surface area (Å²) in [6, 6.07) is 1.91. The lowest BCUT2D eigenvalue weighted by atomic mass is 9.96. The Balaban J connectivity index is 4.45. The number of likely N-dealkylation sites (N-methyl/N-ethyl adjacent to an activating group) is 1. The van der Waals surface area contributed by atoms with Crippen LogP contribution in [-0.2, 0) is 9.59 Å². The van der Waals surface area contributed by atoms with E-state index in [0.29, 0.717) is 0 Å². The van der Waals surface area contributed by atoms with Gasteiger partial charge in [0.15, 0.2) is 0 Å². The molecule has 0 aliphatic carbocycles. The van der Waals surface area contributed by atoms with E-state index in [4.69, 9.17) is 11.0 Å². The van der Waals surface area contributed by atoms with Gasteiger partial charge in [-0.25, -0.2) is 0 Å². The number of nitrogens with two attached hydrogens (primary N) is 1. The van der Waals surface area contributed by atoms with Crippen LogP contribution in [0.4, 0.5) is 0 Å². The van der Waals surface area contributed by atoms with Gasteiger partial charge in [-0.15, -0.1) is 0 Å². The van der Waals surface area contributed by atoms with Crippen molar-refractivity contribution < 1.29 is 9.59 Å². The molecule has 78 valence electrons. The average Bonchev–Trinajstić information content (AvgIpc) is 2.03. The number of hydrogen-bond acceptors (Lipinski definition) is 3. The van der Waals surface area contributed by atoms with E-state index in [0.717, 1.165) is 0 Å². The third kappa shape index (κ3) is 3.44. The number of carbonyl (C=O) groups excluding carboxylic acids is 2. The smallest absolute Gasteiger partial charge is 0.240 e. The Kier molecular flexibility index (Phi) is 4.64. The molecule has 0 radical (unpaired) electrons. The van der Waals surface area contributed by atoms with Gasteiger partial charge in [-0.1, -0.05) is 13.8 Å². The molecular weight excluding hydrogens is 182 g/mol. The maximum Gasteiger partial charge on any atom is 0.240 e. The van der Waals surface area contributed by atoms with E-state index >= 15 is 0 Å². The highest BCUT2D eigenvalue weighted by molar-refractivity contribution is 5.86. The molecule has 2 amide bonds. The Labute approximate surface area is 83.5 Å². The van der Waals surface area contributed by atoms with Crippen LogP contribution in [0, 0.1) is 23.2 Å². The summed E-state index contributed by atoms with van der Waals surface area (Å²) < 4.78 is 0. The summed E-state index contributed by atoms with van der Waals surface area (Å²) in [7, 11) is 1.46. The highest BCUT2D eigenvalue weighted by Crippen LogP contribution is 2.12. The van der Waals surface area contributed by atoms with Crippen molar-refractivity contribution in [1.82, 2.24) is 4.90 Å². The summed E-state index contributed by atoms with van der Waals surface area (Å²) in [4.78, 5) is 23.3. The summed E-state index contributed by atoms with van der Waals surface area (Å²) in [5.74, 6) is -1.72. The second kappa shape index (κ2) is 5.22. The van der Waals surface area contributed by atoms with Crippen LogP contribution in [0.1, 0.15) is 13.8 Å². The molecule has 0 bridgehead atoms. The van der Waals surface area contributed by atoms with Gasteiger partial charge in [0.2, 0.25) is 11.8 Å². The molecule has 0 aromatic heterocycles. The van der Waals surface area contributed by atoms with Crippen LogP contribution in [0.15, 0.2) is 0 Å². The minimum Gasteiger partial charge on any atom is -0.368 e. The van der Waals surface area contributed by atoms with Gasteiger partial charge in [0.25, 0.3) is 0 Å². The van der Waals surface area contributed by atoms with Gasteiger partial charge in [-0.05, 0) is 5.92 Å².